The highest BCUT2D eigenvalue weighted by Crippen LogP contribution is 2.18. The average Bonchev–Trinajstić information content (AvgIpc) is 2.66. The Morgan fingerprint density at radius 1 is 1.19 bits per heavy atom. The molecular weight excluding hydrogens is 352 g/mol. The molecule has 150 valence electrons. The molecule has 0 heterocycles. The fraction of sp³-hybridized carbons (Fsp3) is 0.556. The Morgan fingerprint density at radius 2 is 1.85 bits per heavy atom. The van der Waals surface area contributed by atoms with Gasteiger partial charge in [0, 0.05) is 20.6 Å². The number of hydrogen-bond donors (Lipinski definition) is 1. The SMILES string of the molecule is CCOC(=O)CCOC(C)(COC(=O)N(C)Cc1ccccc1)N(C)N=N. The lowest BCUT2D eigenvalue weighted by atomic mass is 10.2. The van der Waals surface area contributed by atoms with Gasteiger partial charge in [0.15, 0.2) is 5.72 Å². The fourth-order valence-corrected chi connectivity index (χ4v) is 2.15. The van der Waals surface area contributed by atoms with Gasteiger partial charge in [0.25, 0.3) is 0 Å². The Balaban J connectivity index is 2.58. The van der Waals surface area contributed by atoms with Crippen LogP contribution in [-0.4, -0.2) is 61.6 Å². The highest BCUT2D eigenvalue weighted by Gasteiger charge is 2.33. The molecular formula is C18H28N4O5. The molecule has 0 saturated heterocycles. The van der Waals surface area contributed by atoms with E-state index >= 15 is 0 Å². The van der Waals surface area contributed by atoms with Gasteiger partial charge in [-0.25, -0.2) is 9.80 Å². The minimum atomic E-state index is -1.18. The summed E-state index contributed by atoms with van der Waals surface area (Å²) in [5.74, 6) is -0.384. The van der Waals surface area contributed by atoms with E-state index in [0.717, 1.165) is 5.56 Å². The van der Waals surface area contributed by atoms with Crippen molar-refractivity contribution < 1.29 is 23.8 Å². The second-order valence-corrected chi connectivity index (χ2v) is 6.10. The van der Waals surface area contributed by atoms with E-state index in [1.165, 1.54) is 17.0 Å². The molecule has 0 aliphatic heterocycles. The van der Waals surface area contributed by atoms with Crippen molar-refractivity contribution in [3.05, 3.63) is 35.9 Å². The first-order chi connectivity index (χ1) is 12.8. The zero-order valence-electron chi connectivity index (χ0n) is 16.3. The maximum Gasteiger partial charge on any atom is 0.409 e. The summed E-state index contributed by atoms with van der Waals surface area (Å²) in [6, 6.07) is 9.53. The van der Waals surface area contributed by atoms with Crippen LogP contribution in [0.25, 0.3) is 0 Å². The van der Waals surface area contributed by atoms with Crippen LogP contribution in [0.3, 0.4) is 0 Å². The lowest BCUT2D eigenvalue weighted by Gasteiger charge is -2.35. The average molecular weight is 380 g/mol. The molecule has 1 atom stereocenters. The molecule has 0 bridgehead atoms. The van der Waals surface area contributed by atoms with Gasteiger partial charge in [-0.3, -0.25) is 4.79 Å². The van der Waals surface area contributed by atoms with Crippen LogP contribution in [0.2, 0.25) is 0 Å². The Morgan fingerprint density at radius 3 is 2.44 bits per heavy atom. The smallest absolute Gasteiger partial charge is 0.409 e. The third-order valence-electron chi connectivity index (χ3n) is 3.90. The molecule has 1 N–H and O–H groups in total. The molecule has 0 aliphatic rings. The number of rotatable bonds is 11. The zero-order chi connectivity index (χ0) is 20.3. The number of nitrogens with zero attached hydrogens (tertiary/aromatic N) is 3. The van der Waals surface area contributed by atoms with Crippen molar-refractivity contribution in [3.63, 3.8) is 0 Å². The normalized spacial score (nSPS) is 12.6. The quantitative estimate of drug-likeness (QED) is 0.274. The van der Waals surface area contributed by atoms with Gasteiger partial charge in [-0.05, 0) is 19.4 Å². The summed E-state index contributed by atoms with van der Waals surface area (Å²) in [7, 11) is 3.16. The van der Waals surface area contributed by atoms with E-state index in [9.17, 15) is 9.59 Å². The summed E-state index contributed by atoms with van der Waals surface area (Å²) >= 11 is 0. The molecule has 0 aliphatic carbocycles. The van der Waals surface area contributed by atoms with Gasteiger partial charge < -0.3 is 19.1 Å². The van der Waals surface area contributed by atoms with Gasteiger partial charge in [0.2, 0.25) is 0 Å². The molecule has 1 rings (SSSR count). The molecule has 0 saturated carbocycles. The summed E-state index contributed by atoms with van der Waals surface area (Å²) < 4.78 is 15.8. The van der Waals surface area contributed by atoms with E-state index in [4.69, 9.17) is 19.7 Å². The third kappa shape index (κ3) is 7.61. The monoisotopic (exact) mass is 380 g/mol. The molecule has 27 heavy (non-hydrogen) atoms. The number of benzene rings is 1. The van der Waals surface area contributed by atoms with Gasteiger partial charge in [-0.2, -0.15) is 5.53 Å². The van der Waals surface area contributed by atoms with E-state index in [-0.39, 0.29) is 25.6 Å². The van der Waals surface area contributed by atoms with Crippen LogP contribution < -0.4 is 0 Å². The first-order valence-electron chi connectivity index (χ1n) is 8.65. The van der Waals surface area contributed by atoms with Gasteiger partial charge in [0.1, 0.15) is 6.61 Å². The number of amides is 1. The molecule has 0 radical (unpaired) electrons. The molecule has 9 heteroatoms. The predicted molar refractivity (Wildman–Crippen MR) is 97.8 cm³/mol. The van der Waals surface area contributed by atoms with Crippen molar-refractivity contribution in [2.45, 2.75) is 32.5 Å². The predicted octanol–water partition coefficient (Wildman–Crippen LogP) is 2.82. The van der Waals surface area contributed by atoms with Crippen molar-refractivity contribution in [1.82, 2.24) is 9.91 Å². The molecule has 0 aromatic heterocycles. The van der Waals surface area contributed by atoms with E-state index in [2.05, 4.69) is 5.22 Å². The highest BCUT2D eigenvalue weighted by atomic mass is 16.6. The molecule has 1 aromatic carbocycles. The third-order valence-corrected chi connectivity index (χ3v) is 3.90. The number of esters is 1. The van der Waals surface area contributed by atoms with Gasteiger partial charge in [-0.1, -0.05) is 35.6 Å². The molecule has 1 aromatic rings. The fourth-order valence-electron chi connectivity index (χ4n) is 2.15. The minimum absolute atomic E-state index is 0.0482. The van der Waals surface area contributed by atoms with E-state index in [1.54, 1.807) is 20.9 Å². The van der Waals surface area contributed by atoms with E-state index < -0.39 is 11.8 Å². The van der Waals surface area contributed by atoms with Gasteiger partial charge >= 0.3 is 12.1 Å². The van der Waals surface area contributed by atoms with Crippen LogP contribution in [-0.2, 0) is 25.5 Å². The van der Waals surface area contributed by atoms with Crippen LogP contribution in [0.1, 0.15) is 25.8 Å². The maximum absolute atomic E-state index is 12.3. The van der Waals surface area contributed by atoms with Crippen LogP contribution in [0.15, 0.2) is 35.6 Å². The van der Waals surface area contributed by atoms with Crippen molar-refractivity contribution >= 4 is 12.1 Å². The lowest BCUT2D eigenvalue weighted by molar-refractivity contribution is -0.171. The number of carbonyl (C=O) groups is 2. The maximum atomic E-state index is 12.3. The summed E-state index contributed by atoms with van der Waals surface area (Å²) in [5, 5.41) is 4.55. The number of likely N-dealkylation sites (N-methyl/N-ethyl adjacent to an activating group) is 1. The summed E-state index contributed by atoms with van der Waals surface area (Å²) in [6.45, 7) is 3.93. The van der Waals surface area contributed by atoms with Crippen LogP contribution in [0.4, 0.5) is 4.79 Å². The standard InChI is InChI=1S/C18H28N4O5/c1-5-25-16(23)11-12-27-18(2,22(4)20-19)14-26-17(24)21(3)13-15-9-7-6-8-10-15/h6-10,19H,5,11-14H2,1-4H3. The number of hydrogen-bond acceptors (Lipinski definition) is 7. The molecule has 1 unspecified atom stereocenters. The van der Waals surface area contributed by atoms with Crippen molar-refractivity contribution in [1.29, 1.82) is 5.53 Å². The summed E-state index contributed by atoms with van der Waals surface area (Å²) in [6.07, 6.45) is -0.477. The second kappa shape index (κ2) is 11.1. The topological polar surface area (TPSA) is 105 Å². The lowest BCUT2D eigenvalue weighted by Crippen LogP contribution is -2.48. The van der Waals surface area contributed by atoms with Gasteiger partial charge in [0.05, 0.1) is 19.6 Å². The molecule has 1 amide bonds. The van der Waals surface area contributed by atoms with Gasteiger partial charge in [-0.15, -0.1) is 0 Å². The Kier molecular flexibility index (Phi) is 9.21. The molecule has 0 spiro atoms. The molecule has 9 nitrogen and oxygen atoms in total. The number of carbonyl (C=O) groups excluding carboxylic acids is 2. The summed E-state index contributed by atoms with van der Waals surface area (Å²) in [4.78, 5) is 25.1. The van der Waals surface area contributed by atoms with Crippen LogP contribution in [0, 0.1) is 5.53 Å². The second-order valence-electron chi connectivity index (χ2n) is 6.10. The Bertz CT molecular complexity index is 613. The van der Waals surface area contributed by atoms with Crippen molar-refractivity contribution in [2.75, 3.05) is 33.9 Å². The number of nitrogens with one attached hydrogen (secondary N) is 1. The summed E-state index contributed by atoms with van der Waals surface area (Å²) in [5.41, 5.74) is 6.99. The van der Waals surface area contributed by atoms with Crippen LogP contribution >= 0.6 is 0 Å². The van der Waals surface area contributed by atoms with E-state index in [1.807, 2.05) is 30.3 Å². The van der Waals surface area contributed by atoms with E-state index in [0.29, 0.717) is 13.2 Å². The first kappa shape index (κ1) is 22.4. The highest BCUT2D eigenvalue weighted by molar-refractivity contribution is 5.69. The molecule has 0 fully saturated rings. The Labute approximate surface area is 159 Å². The van der Waals surface area contributed by atoms with Crippen LogP contribution in [0.5, 0.6) is 0 Å². The van der Waals surface area contributed by atoms with Crippen molar-refractivity contribution in [2.24, 2.45) is 5.22 Å². The van der Waals surface area contributed by atoms with Crippen molar-refractivity contribution in [3.8, 4) is 0 Å². The minimum Gasteiger partial charge on any atom is -0.466 e. The largest absolute Gasteiger partial charge is 0.466 e. The number of ether oxygens (including phenoxy) is 3. The Hall–Kier alpha value is -2.68. The zero-order valence-corrected chi connectivity index (χ0v) is 16.3. The first-order valence-corrected chi connectivity index (χ1v) is 8.65.